The van der Waals surface area contributed by atoms with Gasteiger partial charge in [0.15, 0.2) is 0 Å². The number of phenolic OH excluding ortho intramolecular Hbond substituents is 1. The minimum absolute atomic E-state index is 0.0520. The fraction of sp³-hybridized carbons (Fsp3) is 0.273. The first-order valence-corrected chi connectivity index (χ1v) is 16.2. The standard InChI is InChI=1S/C20H18Cl2N2O2.C13H12Cl2N2O2/c21-16-9-8-15(12-17(16)26-13-14-6-2-1-3-7-14)18-19(22)23-10-4-5-11-24(23)20(18)25;14-9-4-3-8(7-10(9)18)11-12(15)16-5-1-2-6-17(16)13(11)19/h1-3,6-9,12H,4-5,10-11,13H2;3-4,7,18H,1-2,5-6H2. The number of halogens is 4. The van der Waals surface area contributed by atoms with Crippen molar-refractivity contribution < 1.29 is 9.84 Å². The molecule has 0 unspecified atom stereocenters. The lowest BCUT2D eigenvalue weighted by atomic mass is 10.1. The first kappa shape index (κ1) is 31.4. The average molecular weight is 688 g/mol. The van der Waals surface area contributed by atoms with Gasteiger partial charge in [-0.25, -0.2) is 9.36 Å². The molecule has 0 radical (unpaired) electrons. The van der Waals surface area contributed by atoms with Crippen molar-refractivity contribution in [3.63, 3.8) is 0 Å². The molecule has 3 aromatic carbocycles. The summed E-state index contributed by atoms with van der Waals surface area (Å²) in [4.78, 5) is 25.2. The number of hydrogen-bond donors (Lipinski definition) is 1. The van der Waals surface area contributed by atoms with Crippen LogP contribution in [-0.2, 0) is 32.8 Å². The Morgan fingerprint density at radius 3 is 1.62 bits per heavy atom. The van der Waals surface area contributed by atoms with Gasteiger partial charge < -0.3 is 9.84 Å². The molecule has 2 aliphatic heterocycles. The van der Waals surface area contributed by atoms with Crippen LogP contribution in [0.3, 0.4) is 0 Å². The predicted molar refractivity (Wildman–Crippen MR) is 179 cm³/mol. The molecule has 0 aliphatic carbocycles. The molecule has 45 heavy (non-hydrogen) atoms. The zero-order chi connectivity index (χ0) is 31.7. The van der Waals surface area contributed by atoms with Crippen LogP contribution in [0.15, 0.2) is 76.3 Å². The number of nitrogens with zero attached hydrogens (tertiary/aromatic N) is 4. The van der Waals surface area contributed by atoms with Crippen LogP contribution < -0.4 is 15.9 Å². The zero-order valence-electron chi connectivity index (χ0n) is 24.2. The molecule has 0 spiro atoms. The lowest BCUT2D eigenvalue weighted by Crippen LogP contribution is -2.27. The van der Waals surface area contributed by atoms with Crippen LogP contribution in [0.2, 0.25) is 20.4 Å². The number of aromatic nitrogens is 4. The Bertz CT molecular complexity index is 1980. The number of rotatable bonds is 5. The molecule has 12 heteroatoms. The summed E-state index contributed by atoms with van der Waals surface area (Å²) >= 11 is 24.9. The summed E-state index contributed by atoms with van der Waals surface area (Å²) in [5, 5.41) is 11.3. The van der Waals surface area contributed by atoms with E-state index < -0.39 is 0 Å². The van der Waals surface area contributed by atoms with Crippen LogP contribution in [0.25, 0.3) is 22.3 Å². The molecular formula is C33H30Cl4N4O4. The lowest BCUT2D eigenvalue weighted by molar-refractivity contribution is 0.306. The summed E-state index contributed by atoms with van der Waals surface area (Å²) in [5.41, 5.74) is 3.11. The highest BCUT2D eigenvalue weighted by Gasteiger charge is 2.24. The summed E-state index contributed by atoms with van der Waals surface area (Å²) in [6, 6.07) is 19.9. The highest BCUT2D eigenvalue weighted by molar-refractivity contribution is 6.33. The minimum atomic E-state index is -0.119. The summed E-state index contributed by atoms with van der Waals surface area (Å²) in [6.07, 6.45) is 4.01. The maximum Gasteiger partial charge on any atom is 0.276 e. The van der Waals surface area contributed by atoms with Gasteiger partial charge in [0.25, 0.3) is 11.1 Å². The molecule has 0 saturated carbocycles. The molecule has 2 aromatic heterocycles. The summed E-state index contributed by atoms with van der Waals surface area (Å²) in [6.45, 7) is 3.29. The van der Waals surface area contributed by atoms with Crippen molar-refractivity contribution in [2.75, 3.05) is 0 Å². The molecule has 7 rings (SSSR count). The van der Waals surface area contributed by atoms with Crippen LogP contribution in [-0.4, -0.2) is 23.8 Å². The Labute approximate surface area is 279 Å². The monoisotopic (exact) mass is 686 g/mol. The van der Waals surface area contributed by atoms with E-state index in [0.717, 1.165) is 49.9 Å². The van der Waals surface area contributed by atoms with Crippen molar-refractivity contribution in [2.45, 2.75) is 58.5 Å². The number of hydrogen-bond acceptors (Lipinski definition) is 4. The Kier molecular flexibility index (Phi) is 9.38. The number of phenols is 1. The summed E-state index contributed by atoms with van der Waals surface area (Å²) < 4.78 is 12.9. The van der Waals surface area contributed by atoms with Crippen molar-refractivity contribution in [2.24, 2.45) is 0 Å². The maximum atomic E-state index is 12.8. The molecule has 234 valence electrons. The number of aromatic hydroxyl groups is 1. The molecule has 0 amide bonds. The molecule has 4 heterocycles. The van der Waals surface area contributed by atoms with Crippen LogP contribution >= 0.6 is 46.4 Å². The molecular weight excluding hydrogens is 658 g/mol. The maximum absolute atomic E-state index is 12.8. The van der Waals surface area contributed by atoms with Gasteiger partial charge in [-0.15, -0.1) is 0 Å². The quantitative estimate of drug-likeness (QED) is 0.202. The van der Waals surface area contributed by atoms with Crippen molar-refractivity contribution in [1.82, 2.24) is 18.7 Å². The van der Waals surface area contributed by atoms with Crippen LogP contribution in [0.1, 0.15) is 31.2 Å². The molecule has 5 aromatic rings. The van der Waals surface area contributed by atoms with E-state index in [1.54, 1.807) is 38.3 Å². The van der Waals surface area contributed by atoms with Crippen LogP contribution in [0.4, 0.5) is 0 Å². The fourth-order valence-electron chi connectivity index (χ4n) is 5.71. The first-order chi connectivity index (χ1) is 21.7. The van der Waals surface area contributed by atoms with Crippen molar-refractivity contribution in [1.29, 1.82) is 0 Å². The third-order valence-electron chi connectivity index (χ3n) is 8.02. The van der Waals surface area contributed by atoms with E-state index >= 15 is 0 Å². The topological polar surface area (TPSA) is 83.3 Å². The molecule has 0 bridgehead atoms. The second-order valence-electron chi connectivity index (χ2n) is 10.9. The second kappa shape index (κ2) is 13.4. The van der Waals surface area contributed by atoms with Gasteiger partial charge in [0.05, 0.1) is 21.2 Å². The van der Waals surface area contributed by atoms with Crippen LogP contribution in [0, 0.1) is 0 Å². The van der Waals surface area contributed by atoms with E-state index in [0.29, 0.717) is 57.5 Å². The first-order valence-electron chi connectivity index (χ1n) is 14.7. The van der Waals surface area contributed by atoms with Gasteiger partial charge in [0.2, 0.25) is 0 Å². The molecule has 0 saturated heterocycles. The number of ether oxygens (including phenoxy) is 1. The van der Waals surface area contributed by atoms with Gasteiger partial charge in [-0.2, -0.15) is 0 Å². The Balaban J connectivity index is 0.000000167. The van der Waals surface area contributed by atoms with E-state index in [-0.39, 0.29) is 21.9 Å². The molecule has 2 aliphatic rings. The highest BCUT2D eigenvalue weighted by Crippen LogP contribution is 2.35. The smallest absolute Gasteiger partial charge is 0.276 e. The molecule has 8 nitrogen and oxygen atoms in total. The molecule has 1 N–H and O–H groups in total. The van der Waals surface area contributed by atoms with Gasteiger partial charge in [-0.05, 0) is 66.6 Å². The normalized spacial score (nSPS) is 13.9. The SMILES string of the molecule is O=c1c(-c2ccc(Cl)c(O)c2)c(Cl)n2n1CCCC2.O=c1c(-c2ccc(Cl)c(OCc3ccccc3)c2)c(Cl)n2n1CCCC2. The Morgan fingerprint density at radius 1 is 0.622 bits per heavy atom. The van der Waals surface area contributed by atoms with E-state index in [1.165, 1.54) is 6.07 Å². The number of fused-ring (bicyclic) bond motifs is 2. The van der Waals surface area contributed by atoms with E-state index in [1.807, 2.05) is 41.1 Å². The van der Waals surface area contributed by atoms with Crippen molar-refractivity contribution in [3.8, 4) is 33.8 Å². The zero-order valence-corrected chi connectivity index (χ0v) is 27.2. The van der Waals surface area contributed by atoms with Gasteiger partial charge in [0, 0.05) is 26.2 Å². The van der Waals surface area contributed by atoms with Crippen molar-refractivity contribution >= 4 is 46.4 Å². The van der Waals surface area contributed by atoms with Crippen molar-refractivity contribution in [3.05, 3.63) is 113 Å². The Morgan fingerprint density at radius 2 is 1.11 bits per heavy atom. The minimum Gasteiger partial charge on any atom is -0.506 e. The fourth-order valence-corrected chi connectivity index (χ4v) is 6.73. The van der Waals surface area contributed by atoms with Gasteiger partial charge in [-0.3, -0.25) is 19.0 Å². The van der Waals surface area contributed by atoms with E-state index in [9.17, 15) is 14.7 Å². The average Bonchev–Trinajstić information content (AvgIpc) is 3.47. The van der Waals surface area contributed by atoms with Gasteiger partial charge in [0.1, 0.15) is 28.4 Å². The molecule has 0 atom stereocenters. The molecule has 0 fully saturated rings. The van der Waals surface area contributed by atoms with E-state index in [4.69, 9.17) is 51.1 Å². The van der Waals surface area contributed by atoms with Gasteiger partial charge >= 0.3 is 0 Å². The third-order valence-corrected chi connectivity index (χ3v) is 9.42. The third kappa shape index (κ3) is 6.29. The summed E-state index contributed by atoms with van der Waals surface area (Å²) in [5.74, 6) is 0.487. The lowest BCUT2D eigenvalue weighted by Gasteiger charge is -2.17. The Hall–Kier alpha value is -3.56. The highest BCUT2D eigenvalue weighted by atomic mass is 35.5. The largest absolute Gasteiger partial charge is 0.506 e. The van der Waals surface area contributed by atoms with Gasteiger partial charge in [-0.1, -0.05) is 88.9 Å². The second-order valence-corrected chi connectivity index (χ2v) is 12.5. The summed E-state index contributed by atoms with van der Waals surface area (Å²) in [7, 11) is 0. The van der Waals surface area contributed by atoms with Crippen LogP contribution in [0.5, 0.6) is 11.5 Å². The van der Waals surface area contributed by atoms with E-state index in [2.05, 4.69) is 0 Å². The number of benzene rings is 3. The predicted octanol–water partition coefficient (Wildman–Crippen LogP) is 8.12.